The zero-order valence-electron chi connectivity index (χ0n) is 12.3. The van der Waals surface area contributed by atoms with E-state index in [1.54, 1.807) is 6.07 Å². The molecule has 0 spiro atoms. The van der Waals surface area contributed by atoms with Crippen LogP contribution in [0.25, 0.3) is 0 Å². The van der Waals surface area contributed by atoms with Crippen molar-refractivity contribution in [3.63, 3.8) is 0 Å². The van der Waals surface area contributed by atoms with Crippen LogP contribution in [0, 0.1) is 0 Å². The fourth-order valence-corrected chi connectivity index (χ4v) is 2.70. The lowest BCUT2D eigenvalue weighted by molar-refractivity contribution is -0.146. The summed E-state index contributed by atoms with van der Waals surface area (Å²) in [5, 5.41) is 6.22. The fraction of sp³-hybridized carbons (Fsp3) is 0.176. The maximum atomic E-state index is 12.0. The molecule has 0 aliphatic carbocycles. The van der Waals surface area contributed by atoms with Gasteiger partial charge in [0.05, 0.1) is 10.6 Å². The Morgan fingerprint density at radius 3 is 2.41 bits per heavy atom. The molecule has 0 bridgehead atoms. The maximum absolute atomic E-state index is 12.0. The van der Waals surface area contributed by atoms with Crippen LogP contribution in [0.3, 0.4) is 0 Å². The van der Waals surface area contributed by atoms with Gasteiger partial charge in [-0.2, -0.15) is 5.01 Å². The lowest BCUT2D eigenvalue weighted by atomic mass is 10.0. The summed E-state index contributed by atoms with van der Waals surface area (Å²) < 4.78 is 6.05. The van der Waals surface area contributed by atoms with Crippen molar-refractivity contribution in [1.29, 1.82) is 0 Å². The summed E-state index contributed by atoms with van der Waals surface area (Å²) in [5.41, 5.74) is 0.521. The van der Waals surface area contributed by atoms with E-state index in [0.29, 0.717) is 16.5 Å². The second-order valence-electron chi connectivity index (χ2n) is 5.17. The van der Waals surface area contributed by atoms with Crippen molar-refractivity contribution >= 4 is 23.4 Å². The van der Waals surface area contributed by atoms with E-state index >= 15 is 0 Å². The van der Waals surface area contributed by atoms with E-state index in [2.05, 4.69) is 5.10 Å². The van der Waals surface area contributed by atoms with Crippen molar-refractivity contribution < 1.29 is 9.53 Å². The molecule has 0 saturated carbocycles. The molecule has 2 aromatic carbocycles. The molecule has 3 rings (SSSR count). The van der Waals surface area contributed by atoms with Gasteiger partial charge < -0.3 is 4.74 Å². The van der Waals surface area contributed by atoms with Gasteiger partial charge in [0, 0.05) is 19.4 Å². The summed E-state index contributed by atoms with van der Waals surface area (Å²) in [6.45, 7) is 3.28. The van der Waals surface area contributed by atoms with Crippen LogP contribution in [-0.4, -0.2) is 16.8 Å². The van der Waals surface area contributed by atoms with Gasteiger partial charge >= 0.3 is 0 Å². The standard InChI is InChI=1S/C17H15ClN2O2/c1-12(21)20-17(2,13-8-4-3-5-9-13)22-16(19-20)14-10-6-7-11-15(14)18/h3-11H,1-2H3. The highest BCUT2D eigenvalue weighted by Crippen LogP contribution is 2.37. The lowest BCUT2D eigenvalue weighted by Crippen LogP contribution is -2.41. The van der Waals surface area contributed by atoms with E-state index in [0.717, 1.165) is 5.56 Å². The summed E-state index contributed by atoms with van der Waals surface area (Å²) >= 11 is 6.21. The largest absolute Gasteiger partial charge is 0.443 e. The molecule has 1 unspecified atom stereocenters. The molecule has 0 radical (unpaired) electrons. The molecule has 4 nitrogen and oxygen atoms in total. The number of hydrogen-bond acceptors (Lipinski definition) is 3. The molecule has 2 aromatic rings. The number of rotatable bonds is 2. The van der Waals surface area contributed by atoms with Crippen LogP contribution >= 0.6 is 11.6 Å². The molecule has 5 heteroatoms. The van der Waals surface area contributed by atoms with Crippen LogP contribution < -0.4 is 0 Å². The molecular formula is C17H15ClN2O2. The minimum Gasteiger partial charge on any atom is -0.443 e. The van der Waals surface area contributed by atoms with Gasteiger partial charge in [0.15, 0.2) is 0 Å². The molecule has 1 heterocycles. The highest BCUT2D eigenvalue weighted by atomic mass is 35.5. The quantitative estimate of drug-likeness (QED) is 0.847. The molecular weight excluding hydrogens is 300 g/mol. The van der Waals surface area contributed by atoms with Crippen molar-refractivity contribution in [3.05, 3.63) is 70.7 Å². The first-order chi connectivity index (χ1) is 10.5. The number of carbonyl (C=O) groups excluding carboxylic acids is 1. The molecule has 22 heavy (non-hydrogen) atoms. The van der Waals surface area contributed by atoms with Crippen molar-refractivity contribution in [2.75, 3.05) is 0 Å². The Bertz CT molecular complexity index is 745. The molecule has 1 aliphatic rings. The molecule has 1 atom stereocenters. The molecule has 0 saturated heterocycles. The first kappa shape index (κ1) is 14.6. The topological polar surface area (TPSA) is 41.9 Å². The smallest absolute Gasteiger partial charge is 0.243 e. The number of halogens is 1. The van der Waals surface area contributed by atoms with E-state index in [4.69, 9.17) is 16.3 Å². The van der Waals surface area contributed by atoms with Crippen molar-refractivity contribution in [3.8, 4) is 0 Å². The van der Waals surface area contributed by atoms with Crippen LogP contribution in [-0.2, 0) is 15.3 Å². The molecule has 0 fully saturated rings. The minimum atomic E-state index is -0.985. The Balaban J connectivity index is 2.06. The highest BCUT2D eigenvalue weighted by molar-refractivity contribution is 6.33. The second-order valence-corrected chi connectivity index (χ2v) is 5.57. The summed E-state index contributed by atoms with van der Waals surface area (Å²) in [6, 6.07) is 16.8. The minimum absolute atomic E-state index is 0.201. The van der Waals surface area contributed by atoms with Crippen molar-refractivity contribution in [1.82, 2.24) is 5.01 Å². The second kappa shape index (κ2) is 5.46. The molecule has 0 aromatic heterocycles. The number of hydrogen-bond donors (Lipinski definition) is 0. The van der Waals surface area contributed by atoms with E-state index in [-0.39, 0.29) is 5.91 Å². The van der Waals surface area contributed by atoms with E-state index in [1.165, 1.54) is 11.9 Å². The van der Waals surface area contributed by atoms with Gasteiger partial charge in [-0.25, -0.2) is 0 Å². The first-order valence-electron chi connectivity index (χ1n) is 6.91. The summed E-state index contributed by atoms with van der Waals surface area (Å²) in [7, 11) is 0. The van der Waals surface area contributed by atoms with Crippen LogP contribution in [0.4, 0.5) is 0 Å². The van der Waals surface area contributed by atoms with Crippen LogP contribution in [0.2, 0.25) is 5.02 Å². The zero-order valence-corrected chi connectivity index (χ0v) is 13.0. The van der Waals surface area contributed by atoms with Crippen LogP contribution in [0.1, 0.15) is 25.0 Å². The third-order valence-electron chi connectivity index (χ3n) is 3.60. The number of amides is 1. The van der Waals surface area contributed by atoms with Gasteiger partial charge in [0.1, 0.15) is 0 Å². The molecule has 0 N–H and O–H groups in total. The normalized spacial score (nSPS) is 20.5. The summed E-state index contributed by atoms with van der Waals surface area (Å²) in [5.74, 6) is 0.139. The van der Waals surface area contributed by atoms with Gasteiger partial charge in [0.2, 0.25) is 17.5 Å². The van der Waals surface area contributed by atoms with Gasteiger partial charge in [-0.05, 0) is 12.1 Å². The van der Waals surface area contributed by atoms with Gasteiger partial charge in [-0.1, -0.05) is 54.1 Å². The number of ether oxygens (including phenoxy) is 1. The van der Waals surface area contributed by atoms with E-state index < -0.39 is 5.72 Å². The summed E-state index contributed by atoms with van der Waals surface area (Å²) in [6.07, 6.45) is 0. The SMILES string of the molecule is CC(=O)N1N=C(c2ccccc2Cl)OC1(C)c1ccccc1. The van der Waals surface area contributed by atoms with Crippen molar-refractivity contribution in [2.45, 2.75) is 19.6 Å². The average molecular weight is 315 g/mol. The number of nitrogens with zero attached hydrogens (tertiary/aromatic N) is 2. The van der Waals surface area contributed by atoms with E-state index in [9.17, 15) is 4.79 Å². The number of hydrazone groups is 1. The molecule has 112 valence electrons. The average Bonchev–Trinajstić information content (AvgIpc) is 2.88. The first-order valence-corrected chi connectivity index (χ1v) is 7.29. The fourth-order valence-electron chi connectivity index (χ4n) is 2.48. The third kappa shape index (κ3) is 2.35. The maximum Gasteiger partial charge on any atom is 0.243 e. The van der Waals surface area contributed by atoms with E-state index in [1.807, 2.05) is 55.5 Å². The third-order valence-corrected chi connectivity index (χ3v) is 3.93. The predicted molar refractivity (Wildman–Crippen MR) is 85.4 cm³/mol. The molecule has 1 amide bonds. The summed E-state index contributed by atoms with van der Waals surface area (Å²) in [4.78, 5) is 12.0. The predicted octanol–water partition coefficient (Wildman–Crippen LogP) is 3.75. The number of carbonyl (C=O) groups is 1. The monoisotopic (exact) mass is 314 g/mol. The Hall–Kier alpha value is -2.33. The van der Waals surface area contributed by atoms with Crippen LogP contribution in [0.5, 0.6) is 0 Å². The Labute approximate surface area is 134 Å². The Kier molecular flexibility index (Phi) is 3.62. The number of benzene rings is 2. The molecule has 1 aliphatic heterocycles. The zero-order chi connectivity index (χ0) is 15.7. The van der Waals surface area contributed by atoms with Crippen LogP contribution in [0.15, 0.2) is 59.7 Å². The van der Waals surface area contributed by atoms with Crippen molar-refractivity contribution in [2.24, 2.45) is 5.10 Å². The van der Waals surface area contributed by atoms with Gasteiger partial charge in [-0.3, -0.25) is 4.79 Å². The Morgan fingerprint density at radius 2 is 1.77 bits per heavy atom. The van der Waals surface area contributed by atoms with Gasteiger partial charge in [-0.15, -0.1) is 5.10 Å². The highest BCUT2D eigenvalue weighted by Gasteiger charge is 2.45. The Morgan fingerprint density at radius 1 is 1.14 bits per heavy atom. The van der Waals surface area contributed by atoms with Gasteiger partial charge in [0.25, 0.3) is 0 Å². The lowest BCUT2D eigenvalue weighted by Gasteiger charge is -2.31.